The van der Waals surface area contributed by atoms with E-state index in [2.05, 4.69) is 10.6 Å². The molecule has 0 aliphatic rings. The van der Waals surface area contributed by atoms with E-state index in [1.54, 1.807) is 76.7 Å². The van der Waals surface area contributed by atoms with Crippen LogP contribution in [0.2, 0.25) is 0 Å². The fraction of sp³-hybridized carbons (Fsp3) is 0.333. The normalized spacial score (nSPS) is 10.2. The van der Waals surface area contributed by atoms with Crippen molar-refractivity contribution < 1.29 is 19.2 Å². The third kappa shape index (κ3) is 7.54. The van der Waals surface area contributed by atoms with Crippen LogP contribution in [0.5, 0.6) is 0 Å². The summed E-state index contributed by atoms with van der Waals surface area (Å²) in [6.45, 7) is 0. The van der Waals surface area contributed by atoms with Gasteiger partial charge in [0.15, 0.2) is 0 Å². The van der Waals surface area contributed by atoms with Crippen molar-refractivity contribution in [3.63, 3.8) is 0 Å². The Labute approximate surface area is 188 Å². The number of nitrogens with zero attached hydrogens (tertiary/aromatic N) is 2. The summed E-state index contributed by atoms with van der Waals surface area (Å²) < 4.78 is 0. The Balaban J connectivity index is 1.69. The van der Waals surface area contributed by atoms with Crippen molar-refractivity contribution >= 4 is 35.0 Å². The molecule has 32 heavy (non-hydrogen) atoms. The van der Waals surface area contributed by atoms with Gasteiger partial charge >= 0.3 is 0 Å². The van der Waals surface area contributed by atoms with Gasteiger partial charge < -0.3 is 20.4 Å². The van der Waals surface area contributed by atoms with E-state index >= 15 is 0 Å². The summed E-state index contributed by atoms with van der Waals surface area (Å²) in [6, 6.07) is 13.5. The summed E-state index contributed by atoms with van der Waals surface area (Å²) in [5.74, 6) is -0.477. The van der Waals surface area contributed by atoms with Crippen molar-refractivity contribution in [2.45, 2.75) is 25.7 Å². The fourth-order valence-electron chi connectivity index (χ4n) is 2.93. The van der Waals surface area contributed by atoms with Crippen LogP contribution < -0.4 is 10.6 Å². The van der Waals surface area contributed by atoms with Crippen molar-refractivity contribution in [3.05, 3.63) is 59.7 Å². The Morgan fingerprint density at radius 3 is 1.19 bits per heavy atom. The molecule has 0 heterocycles. The number of carbonyl (C=O) groups excluding carboxylic acids is 4. The van der Waals surface area contributed by atoms with E-state index in [-0.39, 0.29) is 23.6 Å². The molecule has 2 aromatic rings. The maximum Gasteiger partial charge on any atom is 0.253 e. The lowest BCUT2D eigenvalue weighted by atomic mass is 10.1. The summed E-state index contributed by atoms with van der Waals surface area (Å²) >= 11 is 0. The smallest absolute Gasteiger partial charge is 0.253 e. The molecule has 0 fully saturated rings. The third-order valence-electron chi connectivity index (χ3n) is 4.70. The minimum Gasteiger partial charge on any atom is -0.345 e. The predicted molar refractivity (Wildman–Crippen MR) is 125 cm³/mol. The topological polar surface area (TPSA) is 98.8 Å². The molecular formula is C24H30N4O4. The summed E-state index contributed by atoms with van der Waals surface area (Å²) in [5.41, 5.74) is 2.36. The number of benzene rings is 2. The highest BCUT2D eigenvalue weighted by atomic mass is 16.2. The van der Waals surface area contributed by atoms with Crippen LogP contribution >= 0.6 is 0 Å². The first-order valence-electron chi connectivity index (χ1n) is 10.4. The van der Waals surface area contributed by atoms with Gasteiger partial charge in [-0.15, -0.1) is 0 Å². The molecule has 0 aliphatic carbocycles. The zero-order valence-electron chi connectivity index (χ0n) is 19.0. The molecule has 0 saturated carbocycles. The Morgan fingerprint density at radius 1 is 0.594 bits per heavy atom. The van der Waals surface area contributed by atoms with E-state index in [0.717, 1.165) is 0 Å². The predicted octanol–water partition coefficient (Wildman–Crippen LogP) is 3.23. The number of unbranched alkanes of at least 4 members (excludes halogenated alkanes) is 1. The average Bonchev–Trinajstić information content (AvgIpc) is 2.76. The monoisotopic (exact) mass is 438 g/mol. The Bertz CT molecular complexity index is 871. The molecule has 0 spiro atoms. The number of anilines is 2. The second-order valence-corrected chi connectivity index (χ2v) is 7.86. The van der Waals surface area contributed by atoms with E-state index in [0.29, 0.717) is 48.2 Å². The number of rotatable bonds is 9. The van der Waals surface area contributed by atoms with Gasteiger partial charge in [-0.1, -0.05) is 0 Å². The van der Waals surface area contributed by atoms with Crippen LogP contribution in [0.4, 0.5) is 11.4 Å². The molecule has 2 rings (SSSR count). The first kappa shape index (κ1) is 24.6. The van der Waals surface area contributed by atoms with Gasteiger partial charge in [0, 0.05) is 63.5 Å². The van der Waals surface area contributed by atoms with Gasteiger partial charge in [0.25, 0.3) is 11.8 Å². The van der Waals surface area contributed by atoms with Gasteiger partial charge in [-0.3, -0.25) is 19.2 Å². The molecule has 4 amide bonds. The molecule has 0 unspecified atom stereocenters. The number of hydrogen-bond acceptors (Lipinski definition) is 4. The Hall–Kier alpha value is -3.68. The van der Waals surface area contributed by atoms with Crippen LogP contribution in [-0.2, 0) is 9.59 Å². The Kier molecular flexibility index (Phi) is 8.95. The SMILES string of the molecule is CN(C)C(=O)c1ccc(NC(=O)CCCCC(=O)Nc2ccc(C(=O)N(C)C)cc2)cc1. The largest absolute Gasteiger partial charge is 0.345 e. The molecule has 8 heteroatoms. The number of nitrogens with one attached hydrogen (secondary N) is 2. The quantitative estimate of drug-likeness (QED) is 0.587. The zero-order chi connectivity index (χ0) is 23.7. The molecule has 0 aromatic heterocycles. The van der Waals surface area contributed by atoms with Crippen molar-refractivity contribution in [3.8, 4) is 0 Å². The molecule has 8 nitrogen and oxygen atoms in total. The van der Waals surface area contributed by atoms with Crippen molar-refractivity contribution in [2.75, 3.05) is 38.8 Å². The number of carbonyl (C=O) groups is 4. The molecule has 0 aliphatic heterocycles. The lowest BCUT2D eigenvalue weighted by Crippen LogP contribution is -2.21. The highest BCUT2D eigenvalue weighted by molar-refractivity contribution is 5.96. The summed E-state index contributed by atoms with van der Waals surface area (Å²) in [4.78, 5) is 50.9. The molecule has 0 radical (unpaired) electrons. The second kappa shape index (κ2) is 11.6. The van der Waals surface area contributed by atoms with E-state index in [9.17, 15) is 19.2 Å². The van der Waals surface area contributed by atoms with Crippen molar-refractivity contribution in [1.29, 1.82) is 0 Å². The number of amides is 4. The maximum absolute atomic E-state index is 12.1. The van der Waals surface area contributed by atoms with E-state index in [1.165, 1.54) is 9.80 Å². The molecular weight excluding hydrogens is 408 g/mol. The lowest BCUT2D eigenvalue weighted by molar-refractivity contribution is -0.118. The maximum atomic E-state index is 12.1. The van der Waals surface area contributed by atoms with Gasteiger partial charge in [0.1, 0.15) is 0 Å². The summed E-state index contributed by atoms with van der Waals surface area (Å²) in [5, 5.41) is 5.58. The van der Waals surface area contributed by atoms with Crippen LogP contribution in [0.15, 0.2) is 48.5 Å². The van der Waals surface area contributed by atoms with Gasteiger partial charge in [-0.05, 0) is 61.4 Å². The average molecular weight is 439 g/mol. The van der Waals surface area contributed by atoms with E-state index in [4.69, 9.17) is 0 Å². The van der Waals surface area contributed by atoms with Crippen molar-refractivity contribution in [1.82, 2.24) is 9.80 Å². The van der Waals surface area contributed by atoms with Crippen LogP contribution in [0.1, 0.15) is 46.4 Å². The van der Waals surface area contributed by atoms with Gasteiger partial charge in [0.2, 0.25) is 11.8 Å². The van der Waals surface area contributed by atoms with Crippen LogP contribution in [0, 0.1) is 0 Å². The minimum atomic E-state index is -0.141. The third-order valence-corrected chi connectivity index (χ3v) is 4.70. The number of hydrogen-bond donors (Lipinski definition) is 2. The second-order valence-electron chi connectivity index (χ2n) is 7.86. The fourth-order valence-corrected chi connectivity index (χ4v) is 2.93. The van der Waals surface area contributed by atoms with E-state index < -0.39 is 0 Å². The highest BCUT2D eigenvalue weighted by Crippen LogP contribution is 2.14. The standard InChI is InChI=1S/C24H30N4O4/c1-27(2)23(31)17-9-13-19(14-10-17)25-21(29)7-5-6-8-22(30)26-20-15-11-18(12-16-20)24(32)28(3)4/h9-16H,5-8H2,1-4H3,(H,25,29)(H,26,30). The Morgan fingerprint density at radius 2 is 0.906 bits per heavy atom. The van der Waals surface area contributed by atoms with Gasteiger partial charge in [0.05, 0.1) is 0 Å². The molecule has 0 saturated heterocycles. The summed E-state index contributed by atoms with van der Waals surface area (Å²) in [6.07, 6.45) is 1.75. The minimum absolute atomic E-state index is 0.0980. The van der Waals surface area contributed by atoms with Crippen molar-refractivity contribution in [2.24, 2.45) is 0 Å². The molecule has 0 bridgehead atoms. The van der Waals surface area contributed by atoms with Gasteiger partial charge in [-0.2, -0.15) is 0 Å². The van der Waals surface area contributed by atoms with E-state index in [1.807, 2.05) is 0 Å². The molecule has 170 valence electrons. The molecule has 2 aromatic carbocycles. The molecule has 0 atom stereocenters. The van der Waals surface area contributed by atoms with Gasteiger partial charge in [-0.25, -0.2) is 0 Å². The highest BCUT2D eigenvalue weighted by Gasteiger charge is 2.10. The van der Waals surface area contributed by atoms with Crippen LogP contribution in [0.25, 0.3) is 0 Å². The summed E-state index contributed by atoms with van der Waals surface area (Å²) in [7, 11) is 6.73. The first-order valence-corrected chi connectivity index (χ1v) is 10.4. The molecule has 2 N–H and O–H groups in total. The first-order chi connectivity index (χ1) is 15.2. The lowest BCUT2D eigenvalue weighted by Gasteiger charge is -2.11. The zero-order valence-corrected chi connectivity index (χ0v) is 19.0. The van der Waals surface area contributed by atoms with Crippen LogP contribution in [-0.4, -0.2) is 61.6 Å². The van der Waals surface area contributed by atoms with Crippen LogP contribution in [0.3, 0.4) is 0 Å².